The van der Waals surface area contributed by atoms with Gasteiger partial charge in [-0.1, -0.05) is 19.1 Å². The number of guanidine groups is 1. The summed E-state index contributed by atoms with van der Waals surface area (Å²) in [6.07, 6.45) is 2.44. The molecule has 1 atom stereocenters. The molecule has 2 fully saturated rings. The van der Waals surface area contributed by atoms with Gasteiger partial charge < -0.3 is 25.0 Å². The van der Waals surface area contributed by atoms with Gasteiger partial charge in [0, 0.05) is 65.0 Å². The molecule has 0 aliphatic carbocycles. The molecule has 1 aromatic carbocycles. The smallest absolute Gasteiger partial charge is 0.191 e. The molecule has 30 heavy (non-hydrogen) atoms. The maximum Gasteiger partial charge on any atom is 0.191 e. The number of hydrogen-bond acceptors (Lipinski definition) is 5. The Morgan fingerprint density at radius 1 is 1.20 bits per heavy atom. The summed E-state index contributed by atoms with van der Waals surface area (Å²) < 4.78 is 11.8. The standard InChI is InChI=1S/C23H39N5O2/c1-4-27-11-13-28(14-12-27)10-9-25-23(24-3)26-17-20-8-7-19(2)16-22(20)30-18-21-6-5-15-29-21/h7-8,16,21H,4-6,9-15,17-18H2,1-3H3,(H2,24,25,26). The van der Waals surface area contributed by atoms with E-state index in [-0.39, 0.29) is 6.10 Å². The molecule has 0 bridgehead atoms. The van der Waals surface area contributed by atoms with Crippen molar-refractivity contribution in [3.05, 3.63) is 29.3 Å². The molecule has 0 spiro atoms. The van der Waals surface area contributed by atoms with Gasteiger partial charge in [0.15, 0.2) is 5.96 Å². The number of ether oxygens (including phenoxy) is 2. The molecular formula is C23H39N5O2. The number of aryl methyl sites for hydroxylation is 1. The van der Waals surface area contributed by atoms with Crippen molar-refractivity contribution < 1.29 is 9.47 Å². The summed E-state index contributed by atoms with van der Waals surface area (Å²) in [4.78, 5) is 9.40. The van der Waals surface area contributed by atoms with Crippen LogP contribution in [0.5, 0.6) is 5.75 Å². The van der Waals surface area contributed by atoms with Gasteiger partial charge in [0.05, 0.1) is 6.10 Å². The SMILES string of the molecule is CCN1CCN(CCNC(=NC)NCc2ccc(C)cc2OCC2CCCO2)CC1. The van der Waals surface area contributed by atoms with Crippen LogP contribution in [0.3, 0.4) is 0 Å². The monoisotopic (exact) mass is 417 g/mol. The van der Waals surface area contributed by atoms with E-state index in [4.69, 9.17) is 9.47 Å². The van der Waals surface area contributed by atoms with E-state index in [0.717, 1.165) is 69.4 Å². The Morgan fingerprint density at radius 3 is 2.70 bits per heavy atom. The third-order valence-electron chi connectivity index (χ3n) is 5.97. The van der Waals surface area contributed by atoms with Crippen molar-refractivity contribution in [3.8, 4) is 5.75 Å². The molecule has 7 nitrogen and oxygen atoms in total. The lowest BCUT2D eigenvalue weighted by Crippen LogP contribution is -2.49. The summed E-state index contributed by atoms with van der Waals surface area (Å²) in [6, 6.07) is 6.37. The van der Waals surface area contributed by atoms with E-state index >= 15 is 0 Å². The summed E-state index contributed by atoms with van der Waals surface area (Å²) in [5, 5.41) is 6.87. The van der Waals surface area contributed by atoms with Crippen molar-refractivity contribution in [1.29, 1.82) is 0 Å². The molecule has 3 rings (SSSR count). The van der Waals surface area contributed by atoms with E-state index in [1.54, 1.807) is 0 Å². The van der Waals surface area contributed by atoms with E-state index in [9.17, 15) is 0 Å². The molecular weight excluding hydrogens is 378 g/mol. The highest BCUT2D eigenvalue weighted by Gasteiger charge is 2.17. The average molecular weight is 418 g/mol. The van der Waals surface area contributed by atoms with E-state index < -0.39 is 0 Å². The third kappa shape index (κ3) is 7.15. The van der Waals surface area contributed by atoms with Crippen LogP contribution in [0.15, 0.2) is 23.2 Å². The first-order valence-corrected chi connectivity index (χ1v) is 11.4. The highest BCUT2D eigenvalue weighted by Crippen LogP contribution is 2.22. The lowest BCUT2D eigenvalue weighted by atomic mass is 10.1. The van der Waals surface area contributed by atoms with Gasteiger partial charge in [-0.15, -0.1) is 0 Å². The van der Waals surface area contributed by atoms with Crippen LogP contribution in [-0.2, 0) is 11.3 Å². The molecule has 1 aromatic rings. The van der Waals surface area contributed by atoms with Gasteiger partial charge in [0.1, 0.15) is 12.4 Å². The quantitative estimate of drug-likeness (QED) is 0.472. The fourth-order valence-electron chi connectivity index (χ4n) is 3.96. The van der Waals surface area contributed by atoms with Gasteiger partial charge in [-0.05, 0) is 37.9 Å². The van der Waals surface area contributed by atoms with Crippen molar-refractivity contribution in [1.82, 2.24) is 20.4 Å². The van der Waals surface area contributed by atoms with Crippen LogP contribution in [0.1, 0.15) is 30.9 Å². The number of nitrogens with one attached hydrogen (secondary N) is 2. The maximum absolute atomic E-state index is 6.11. The van der Waals surface area contributed by atoms with Crippen LogP contribution >= 0.6 is 0 Å². The van der Waals surface area contributed by atoms with Crippen molar-refractivity contribution in [2.24, 2.45) is 4.99 Å². The Hall–Kier alpha value is -1.83. The third-order valence-corrected chi connectivity index (χ3v) is 5.97. The number of benzene rings is 1. The lowest BCUT2D eigenvalue weighted by molar-refractivity contribution is 0.0676. The zero-order valence-corrected chi connectivity index (χ0v) is 19.0. The van der Waals surface area contributed by atoms with Gasteiger partial charge in [-0.3, -0.25) is 9.89 Å². The molecule has 2 saturated heterocycles. The van der Waals surface area contributed by atoms with Crippen LogP contribution in [0.2, 0.25) is 0 Å². The number of piperazine rings is 1. The zero-order chi connectivity index (χ0) is 21.2. The predicted octanol–water partition coefficient (Wildman–Crippen LogP) is 1.86. The Kier molecular flexibility index (Phi) is 9.24. The number of aliphatic imine (C=N–C) groups is 1. The summed E-state index contributed by atoms with van der Waals surface area (Å²) >= 11 is 0. The minimum absolute atomic E-state index is 0.222. The second-order valence-electron chi connectivity index (χ2n) is 8.19. The van der Waals surface area contributed by atoms with E-state index in [1.807, 2.05) is 7.05 Å². The second kappa shape index (κ2) is 12.1. The Labute approximate surface area is 181 Å². The number of likely N-dealkylation sites (N-methyl/N-ethyl adjacent to an activating group) is 1. The highest BCUT2D eigenvalue weighted by atomic mass is 16.5. The van der Waals surface area contributed by atoms with Gasteiger partial charge in [0.2, 0.25) is 0 Å². The molecule has 168 valence electrons. The molecule has 1 unspecified atom stereocenters. The van der Waals surface area contributed by atoms with Crippen molar-refractivity contribution >= 4 is 5.96 Å². The number of nitrogens with zero attached hydrogens (tertiary/aromatic N) is 3. The van der Waals surface area contributed by atoms with Gasteiger partial charge >= 0.3 is 0 Å². The van der Waals surface area contributed by atoms with Crippen LogP contribution in [0.4, 0.5) is 0 Å². The maximum atomic E-state index is 6.11. The predicted molar refractivity (Wildman–Crippen MR) is 122 cm³/mol. The first-order valence-electron chi connectivity index (χ1n) is 11.4. The highest BCUT2D eigenvalue weighted by molar-refractivity contribution is 5.79. The van der Waals surface area contributed by atoms with Gasteiger partial charge in [-0.2, -0.15) is 0 Å². The molecule has 2 aliphatic heterocycles. The van der Waals surface area contributed by atoms with Crippen LogP contribution in [0, 0.1) is 6.92 Å². The summed E-state index contributed by atoms with van der Waals surface area (Å²) in [5.74, 6) is 1.76. The molecule has 7 heteroatoms. The first kappa shape index (κ1) is 22.8. The molecule has 2 N–H and O–H groups in total. The molecule has 0 saturated carbocycles. The largest absolute Gasteiger partial charge is 0.491 e. The number of rotatable bonds is 9. The molecule has 0 aromatic heterocycles. The summed E-state index contributed by atoms with van der Waals surface area (Å²) in [5.41, 5.74) is 2.34. The van der Waals surface area contributed by atoms with E-state index in [1.165, 1.54) is 18.7 Å². The van der Waals surface area contributed by atoms with Gasteiger partial charge in [-0.25, -0.2) is 0 Å². The van der Waals surface area contributed by atoms with Crippen molar-refractivity contribution in [3.63, 3.8) is 0 Å². The zero-order valence-electron chi connectivity index (χ0n) is 19.0. The normalized spacial score (nSPS) is 21.0. The van der Waals surface area contributed by atoms with Crippen LogP contribution in [-0.4, -0.2) is 87.9 Å². The van der Waals surface area contributed by atoms with Crippen molar-refractivity contribution in [2.75, 3.05) is 66.1 Å². The van der Waals surface area contributed by atoms with Gasteiger partial charge in [0.25, 0.3) is 0 Å². The van der Waals surface area contributed by atoms with Crippen molar-refractivity contribution in [2.45, 2.75) is 39.3 Å². The minimum Gasteiger partial charge on any atom is -0.491 e. The molecule has 2 heterocycles. The summed E-state index contributed by atoms with van der Waals surface area (Å²) in [7, 11) is 1.82. The Bertz CT molecular complexity index is 668. The minimum atomic E-state index is 0.222. The topological polar surface area (TPSA) is 61.4 Å². The second-order valence-corrected chi connectivity index (χ2v) is 8.19. The molecule has 0 amide bonds. The van der Waals surface area contributed by atoms with E-state index in [2.05, 4.69) is 57.5 Å². The molecule has 2 aliphatic rings. The van der Waals surface area contributed by atoms with E-state index in [0.29, 0.717) is 13.2 Å². The first-order chi connectivity index (χ1) is 14.7. The average Bonchev–Trinajstić information content (AvgIpc) is 3.29. The van der Waals surface area contributed by atoms with Crippen LogP contribution < -0.4 is 15.4 Å². The molecule has 0 radical (unpaired) electrons. The fraction of sp³-hybridized carbons (Fsp3) is 0.696. The Morgan fingerprint density at radius 2 is 2.00 bits per heavy atom. The van der Waals surface area contributed by atoms with Crippen LogP contribution in [0.25, 0.3) is 0 Å². The lowest BCUT2D eigenvalue weighted by Gasteiger charge is -2.34. The summed E-state index contributed by atoms with van der Waals surface area (Å²) in [6.45, 7) is 14.2. The fourth-order valence-corrected chi connectivity index (χ4v) is 3.96. The Balaban J connectivity index is 1.42. The number of hydrogen-bond donors (Lipinski definition) is 2.